The normalized spacial score (nSPS) is 10.0. The Morgan fingerprint density at radius 3 is 2.67 bits per heavy atom. The van der Waals surface area contributed by atoms with Gasteiger partial charge in [0, 0.05) is 13.6 Å². The molecule has 1 N–H and O–H groups in total. The van der Waals surface area contributed by atoms with Crippen molar-refractivity contribution in [3.63, 3.8) is 0 Å². The van der Waals surface area contributed by atoms with E-state index in [0.717, 1.165) is 5.56 Å². The lowest BCUT2D eigenvalue weighted by atomic mass is 10.3. The number of hydrogen-bond acceptors (Lipinski definition) is 3. The fourth-order valence-corrected chi connectivity index (χ4v) is 1.99. The van der Waals surface area contributed by atoms with Crippen LogP contribution < -0.4 is 0 Å². The molecule has 0 fully saturated rings. The van der Waals surface area contributed by atoms with Crippen LogP contribution in [0.5, 0.6) is 0 Å². The highest BCUT2D eigenvalue weighted by molar-refractivity contribution is 7.12. The van der Waals surface area contributed by atoms with E-state index in [0.29, 0.717) is 4.88 Å². The maximum Gasteiger partial charge on any atom is 0.305 e. The highest BCUT2D eigenvalue weighted by atomic mass is 32.1. The first-order valence-corrected chi connectivity index (χ1v) is 5.41. The fourth-order valence-electron chi connectivity index (χ4n) is 1.10. The fraction of sp³-hybridized carbons (Fsp3) is 0.400. The number of nitrogens with zero attached hydrogens (tertiary/aromatic N) is 1. The number of carboxylic acid groups (broad SMARTS) is 1. The van der Waals surface area contributed by atoms with E-state index in [1.165, 1.54) is 16.2 Å². The van der Waals surface area contributed by atoms with Crippen molar-refractivity contribution in [2.24, 2.45) is 0 Å². The van der Waals surface area contributed by atoms with Crippen LogP contribution in [0.4, 0.5) is 0 Å². The van der Waals surface area contributed by atoms with Crippen LogP contribution >= 0.6 is 11.3 Å². The Morgan fingerprint density at radius 2 is 2.20 bits per heavy atom. The third-order valence-electron chi connectivity index (χ3n) is 1.95. The maximum absolute atomic E-state index is 11.7. The summed E-state index contributed by atoms with van der Waals surface area (Å²) in [6, 6.07) is 1.81. The minimum absolute atomic E-state index is 0.0212. The summed E-state index contributed by atoms with van der Waals surface area (Å²) in [5.74, 6) is -1.01. The number of aryl methyl sites for hydroxylation is 1. The minimum atomic E-state index is -0.892. The molecular weight excluding hydrogens is 214 g/mol. The number of hydrogen-bond donors (Lipinski definition) is 1. The van der Waals surface area contributed by atoms with Gasteiger partial charge >= 0.3 is 5.97 Å². The topological polar surface area (TPSA) is 57.6 Å². The van der Waals surface area contributed by atoms with Crippen molar-refractivity contribution in [1.29, 1.82) is 0 Å². The standard InChI is InChI=1S/C10H13NO3S/c1-7-5-8(15-6-7)10(14)11(2)4-3-9(12)13/h5-6H,3-4H2,1-2H3,(H,12,13). The Morgan fingerprint density at radius 1 is 1.53 bits per heavy atom. The molecule has 0 aliphatic rings. The van der Waals surface area contributed by atoms with Crippen LogP contribution in [0.2, 0.25) is 0 Å². The number of amides is 1. The Labute approximate surface area is 92.1 Å². The zero-order valence-electron chi connectivity index (χ0n) is 8.69. The molecule has 1 rings (SSSR count). The molecule has 0 aliphatic carbocycles. The zero-order chi connectivity index (χ0) is 11.4. The van der Waals surface area contributed by atoms with Gasteiger partial charge in [-0.25, -0.2) is 0 Å². The third kappa shape index (κ3) is 3.36. The number of carbonyl (C=O) groups excluding carboxylic acids is 1. The quantitative estimate of drug-likeness (QED) is 0.850. The molecule has 15 heavy (non-hydrogen) atoms. The average Bonchev–Trinajstić information content (AvgIpc) is 2.60. The Hall–Kier alpha value is -1.36. The number of carboxylic acids is 1. The molecule has 5 heteroatoms. The van der Waals surface area contributed by atoms with Crippen molar-refractivity contribution < 1.29 is 14.7 Å². The van der Waals surface area contributed by atoms with Gasteiger partial charge in [-0.1, -0.05) is 0 Å². The van der Waals surface area contributed by atoms with Gasteiger partial charge in [0.15, 0.2) is 0 Å². The molecule has 0 bridgehead atoms. The maximum atomic E-state index is 11.7. The summed E-state index contributed by atoms with van der Waals surface area (Å²) in [6.45, 7) is 2.16. The first kappa shape index (κ1) is 11.7. The van der Waals surface area contributed by atoms with E-state index in [2.05, 4.69) is 0 Å². The van der Waals surface area contributed by atoms with Crippen LogP contribution in [0.25, 0.3) is 0 Å². The van der Waals surface area contributed by atoms with Crippen molar-refractivity contribution in [3.8, 4) is 0 Å². The van der Waals surface area contributed by atoms with E-state index in [9.17, 15) is 9.59 Å². The summed E-state index contributed by atoms with van der Waals surface area (Å²) >= 11 is 1.38. The SMILES string of the molecule is Cc1csc(C(=O)N(C)CCC(=O)O)c1. The van der Waals surface area contributed by atoms with Gasteiger partial charge in [0.05, 0.1) is 11.3 Å². The largest absolute Gasteiger partial charge is 0.481 e. The highest BCUT2D eigenvalue weighted by Crippen LogP contribution is 2.15. The summed E-state index contributed by atoms with van der Waals surface area (Å²) in [6.07, 6.45) is -0.0212. The van der Waals surface area contributed by atoms with Gasteiger partial charge in [-0.2, -0.15) is 0 Å². The number of rotatable bonds is 4. The van der Waals surface area contributed by atoms with E-state index in [4.69, 9.17) is 5.11 Å². The van der Waals surface area contributed by atoms with Gasteiger partial charge in [0.1, 0.15) is 0 Å². The summed E-state index contributed by atoms with van der Waals surface area (Å²) < 4.78 is 0. The van der Waals surface area contributed by atoms with E-state index < -0.39 is 5.97 Å². The smallest absolute Gasteiger partial charge is 0.305 e. The lowest BCUT2D eigenvalue weighted by Gasteiger charge is -2.14. The average molecular weight is 227 g/mol. The third-order valence-corrected chi connectivity index (χ3v) is 2.99. The second-order valence-corrected chi connectivity index (χ2v) is 4.27. The Balaban J connectivity index is 2.57. The Bertz CT molecular complexity index is 372. The highest BCUT2D eigenvalue weighted by Gasteiger charge is 2.13. The van der Waals surface area contributed by atoms with Crippen molar-refractivity contribution >= 4 is 23.2 Å². The first-order valence-electron chi connectivity index (χ1n) is 4.53. The van der Waals surface area contributed by atoms with Gasteiger partial charge in [0.2, 0.25) is 0 Å². The predicted molar refractivity (Wildman–Crippen MR) is 58.3 cm³/mol. The molecule has 1 amide bonds. The summed E-state index contributed by atoms with van der Waals surface area (Å²) in [4.78, 5) is 24.1. The molecule has 0 aliphatic heterocycles. The molecule has 0 atom stereocenters. The van der Waals surface area contributed by atoms with Crippen LogP contribution in [0, 0.1) is 6.92 Å². The van der Waals surface area contributed by atoms with Gasteiger partial charge < -0.3 is 10.0 Å². The number of carbonyl (C=O) groups is 2. The van der Waals surface area contributed by atoms with Gasteiger partial charge in [0.25, 0.3) is 5.91 Å². The first-order chi connectivity index (χ1) is 7.00. The number of aliphatic carboxylic acids is 1. The van der Waals surface area contributed by atoms with Crippen molar-refractivity contribution in [2.75, 3.05) is 13.6 Å². The van der Waals surface area contributed by atoms with Crippen LogP contribution in [-0.4, -0.2) is 35.5 Å². The molecular formula is C10H13NO3S. The van der Waals surface area contributed by atoms with Crippen LogP contribution in [-0.2, 0) is 4.79 Å². The summed E-state index contributed by atoms with van der Waals surface area (Å²) in [5.41, 5.74) is 1.05. The molecule has 0 radical (unpaired) electrons. The molecule has 1 aromatic rings. The van der Waals surface area contributed by atoms with Crippen molar-refractivity contribution in [1.82, 2.24) is 4.90 Å². The van der Waals surface area contributed by atoms with Crippen molar-refractivity contribution in [2.45, 2.75) is 13.3 Å². The van der Waals surface area contributed by atoms with Gasteiger partial charge in [-0.3, -0.25) is 9.59 Å². The van der Waals surface area contributed by atoms with Gasteiger partial charge in [-0.15, -0.1) is 11.3 Å². The van der Waals surface area contributed by atoms with E-state index >= 15 is 0 Å². The van der Waals surface area contributed by atoms with Crippen LogP contribution in [0.15, 0.2) is 11.4 Å². The molecule has 0 spiro atoms. The van der Waals surface area contributed by atoms with E-state index in [-0.39, 0.29) is 18.9 Å². The summed E-state index contributed by atoms with van der Waals surface area (Å²) in [5, 5.41) is 10.4. The summed E-state index contributed by atoms with van der Waals surface area (Å²) in [7, 11) is 1.61. The molecule has 82 valence electrons. The molecule has 0 saturated heterocycles. The van der Waals surface area contributed by atoms with Crippen LogP contribution in [0.3, 0.4) is 0 Å². The molecule has 1 aromatic heterocycles. The minimum Gasteiger partial charge on any atom is -0.481 e. The molecule has 0 aromatic carbocycles. The van der Waals surface area contributed by atoms with Crippen molar-refractivity contribution in [3.05, 3.63) is 21.9 Å². The monoisotopic (exact) mass is 227 g/mol. The molecule has 0 saturated carbocycles. The molecule has 4 nitrogen and oxygen atoms in total. The van der Waals surface area contributed by atoms with E-state index in [1.54, 1.807) is 7.05 Å². The van der Waals surface area contributed by atoms with Gasteiger partial charge in [-0.05, 0) is 23.9 Å². The molecule has 0 unspecified atom stereocenters. The second kappa shape index (κ2) is 4.93. The second-order valence-electron chi connectivity index (χ2n) is 3.36. The Kier molecular flexibility index (Phi) is 3.85. The zero-order valence-corrected chi connectivity index (χ0v) is 9.50. The van der Waals surface area contributed by atoms with Crippen LogP contribution in [0.1, 0.15) is 21.7 Å². The lowest BCUT2D eigenvalue weighted by molar-refractivity contribution is -0.137. The molecule has 1 heterocycles. The van der Waals surface area contributed by atoms with E-state index in [1.807, 2.05) is 18.4 Å². The predicted octanol–water partition coefficient (Wildman–Crippen LogP) is 1.60. The number of thiophene rings is 1. The lowest BCUT2D eigenvalue weighted by Crippen LogP contribution is -2.28.